The Morgan fingerprint density at radius 3 is 0.962 bits per heavy atom. The number of benzene rings is 1. The van der Waals surface area contributed by atoms with E-state index < -0.39 is 200 Å². The number of aromatic nitrogens is 3. The van der Waals surface area contributed by atoms with Gasteiger partial charge in [-0.3, -0.25) is 68.9 Å². The van der Waals surface area contributed by atoms with Crippen molar-refractivity contribution in [1.29, 1.82) is 0 Å². The Hall–Kier alpha value is 7.18. The number of nitrogens with zero attached hydrogens (tertiary/aromatic N) is 4. The third-order valence-corrected chi connectivity index (χ3v) is 48.4. The Kier molecular flexibility index (Phi) is 83.2. The van der Waals surface area contributed by atoms with E-state index in [9.17, 15) is 113 Å². The van der Waals surface area contributed by atoms with Crippen molar-refractivity contribution in [2.45, 2.75) is 155 Å². The van der Waals surface area contributed by atoms with Gasteiger partial charge < -0.3 is 232 Å². The fourth-order valence-corrected chi connectivity index (χ4v) is 26.2. The molecule has 3 rings (SSSR count). The van der Waals surface area contributed by atoms with Gasteiger partial charge in [-0.25, -0.2) is 4.98 Å². The molecule has 132 heavy (non-hydrogen) atoms. The van der Waals surface area contributed by atoms with Gasteiger partial charge in [-0.05, 0) is 115 Å². The fraction of sp³-hybridized carbons (Fsp3) is 0.689. The summed E-state index contributed by atoms with van der Waals surface area (Å²) in [5.41, 5.74) is 15.3. The van der Waals surface area contributed by atoms with E-state index in [1.165, 1.54) is 65.9 Å². The molecule has 2 aromatic heterocycles. The molecule has 0 saturated heterocycles. The van der Waals surface area contributed by atoms with Crippen molar-refractivity contribution in [3.05, 3.63) is 78.1 Å². The standard InChI is InChI=1S/C9H23NO7P2.C7H9ClO6P2S.C7H11NO7P2.C6H12N2O7P2.C6H17NO7P2.2C4H13NO7P2.C2H8O7P2.7Na.3H/c1-3-4-5-7-10(2)8-6-9(11,18(12,13)14)19(15,16)17;8-5-1-3-6(4-2-5)17-7(15(9,10)11)16(12,13)14;9-7(16(10,11)12,17(13,14)15)4-6-2-1-3-8-5-6;9-6(16(10,11)12,17(13,14)15)1-3-8-4-2-7-5-8;7-5-3-1-2-4-6(8,15(9,10)11)16(12,13)14;2*5-3-1-2-4(6,13(7,8)9)14(10,11)12;1-2(3,10(4,5)6)11(7,8)9;;;;;;;;;;/h11H,3-8H2,1-2H3,(H2,12,13,14)(H2,15,16,17);1-4,7H,(H2,9,10,11)(H2,12,13,14);1-3,5,9H,4H2,(H2,10,11,12)(H2,13,14,15);2,4-5,9H,1,3H2,(H2,10,11,12)(H2,13,14,15);8H,1-5,7H2,(H2,9,10,11)(H2,12,13,14);2*6H,1-3,5H2,(H2,7,8,9)(H2,10,11,12);3H,1H3,(H2,4,5,6)(H2,7,8,9);;;;;;;;;;/q;;;;;;;;7*+1;3*-1/p-2. The smallest absolute Gasteiger partial charge is 1.00 e. The summed E-state index contributed by atoms with van der Waals surface area (Å²) < 4.78 is 172. The Balaban J connectivity index is -0.0000000931. The van der Waals surface area contributed by atoms with Crippen LogP contribution in [0.3, 0.4) is 0 Å². The Bertz CT molecular complexity index is 4410. The van der Waals surface area contributed by atoms with Gasteiger partial charge in [-0.15, -0.1) is 11.8 Å². The predicted octanol–water partition coefficient (Wildman–Crippen LogP) is -24.5. The zero-order valence-corrected chi connectivity index (χ0v) is 101. The molecular weight excluding hydrogens is 2240 g/mol. The number of imidazole rings is 1. The average Bonchev–Trinajstić information content (AvgIpc) is 1.41. The number of unbranched alkanes of at least 4 members (excludes halogenated alkanes) is 4. The number of thioether (sulfide) groups is 1. The van der Waals surface area contributed by atoms with Crippen LogP contribution in [0.25, 0.3) is 0 Å². The summed E-state index contributed by atoms with van der Waals surface area (Å²) in [7, 11) is -83.2. The molecule has 0 saturated carbocycles. The Morgan fingerprint density at radius 1 is 0.409 bits per heavy atom. The quantitative estimate of drug-likeness (QED) is 0.0109. The molecule has 2 heterocycles. The van der Waals surface area contributed by atoms with Crippen LogP contribution in [0.15, 0.2) is 72.4 Å². The van der Waals surface area contributed by atoms with Crippen LogP contribution in [0.4, 0.5) is 0 Å². The van der Waals surface area contributed by atoms with Gasteiger partial charge in [0, 0.05) is 79.9 Å². The largest absolute Gasteiger partial charge is 1.00 e. The van der Waals surface area contributed by atoms with E-state index in [0.29, 0.717) is 49.6 Å². The molecule has 3 aromatic rings. The fourth-order valence-electron chi connectivity index (χ4n) is 7.73. The topological polar surface area (TPSA) is 1180 Å². The van der Waals surface area contributed by atoms with Crippen molar-refractivity contribution in [2.75, 3.05) is 39.8 Å². The molecule has 0 aliphatic heterocycles. The van der Waals surface area contributed by atoms with Gasteiger partial charge in [0.2, 0.25) is 5.08 Å². The number of nitrogens with two attached hydrogens (primary N) is 3. The number of rotatable bonds is 41. The molecule has 4 atom stereocenters. The molecule has 87 heteroatoms. The van der Waals surface area contributed by atoms with Crippen molar-refractivity contribution in [2.24, 2.45) is 17.2 Å². The van der Waals surface area contributed by atoms with E-state index >= 15 is 0 Å². The van der Waals surface area contributed by atoms with Crippen molar-refractivity contribution in [3.8, 4) is 0 Å². The number of hydrogen-bond acceptors (Lipinski definition) is 32. The second-order valence-electron chi connectivity index (χ2n) is 25.5. The zero-order chi connectivity index (χ0) is 101. The van der Waals surface area contributed by atoms with Crippen LogP contribution >= 0.6 is 145 Å². The minimum atomic E-state index is -5.45. The number of aliphatic hydroxyl groups is 7. The maximum Gasteiger partial charge on any atom is 1.00 e. The summed E-state index contributed by atoms with van der Waals surface area (Å²) in [4.78, 5) is 292. The second kappa shape index (κ2) is 66.9. The first-order valence-electron chi connectivity index (χ1n) is 32.9. The summed E-state index contributed by atoms with van der Waals surface area (Å²) in [6, 6.07) is 8.41. The Labute approximate surface area is 920 Å². The molecule has 0 spiro atoms. The molecular formula is C45H107ClN7Na7O55P16S+2. The van der Waals surface area contributed by atoms with Crippen molar-refractivity contribution < 1.29 is 477 Å². The number of halogens is 1. The van der Waals surface area contributed by atoms with Crippen LogP contribution in [-0.2, 0) is 86.0 Å². The van der Waals surface area contributed by atoms with Gasteiger partial charge in [0.15, 0.2) is 19.9 Å². The van der Waals surface area contributed by atoms with E-state index in [-0.39, 0.29) is 267 Å². The molecule has 0 aliphatic carbocycles. The van der Waals surface area contributed by atoms with Crippen LogP contribution in [0.5, 0.6) is 0 Å². The van der Waals surface area contributed by atoms with Crippen molar-refractivity contribution in [1.82, 2.24) is 19.4 Å². The molecule has 0 bridgehead atoms. The molecule has 0 radical (unpaired) electrons. The normalized spacial score (nSPS) is 14.6. The third-order valence-electron chi connectivity index (χ3n) is 15.4. The molecule has 4 unspecified atom stereocenters. The van der Waals surface area contributed by atoms with Gasteiger partial charge in [0.1, 0.15) is 0 Å². The maximum atomic E-state index is 11.1. The molecule has 0 amide bonds. The van der Waals surface area contributed by atoms with Crippen LogP contribution < -0.4 is 234 Å². The first-order valence-corrected chi connectivity index (χ1v) is 60.0. The number of hydrogen-bond donors (Lipinski definition) is 40. The van der Waals surface area contributed by atoms with Gasteiger partial charge in [-0.1, -0.05) is 43.9 Å². The molecule has 62 nitrogen and oxygen atoms in total. The molecule has 43 N–H and O–H groups in total. The first-order chi connectivity index (χ1) is 54.9. The van der Waals surface area contributed by atoms with E-state index in [0.717, 1.165) is 25.5 Å². The van der Waals surface area contributed by atoms with Gasteiger partial charge in [0.25, 0.3) is 30.5 Å². The second-order valence-corrected chi connectivity index (χ2v) is 59.8. The van der Waals surface area contributed by atoms with E-state index in [1.807, 2.05) is 6.92 Å². The zero-order valence-electron chi connectivity index (χ0n) is 74.4. The first kappa shape index (κ1) is 164. The minimum Gasteiger partial charge on any atom is -1.00 e. The van der Waals surface area contributed by atoms with Crippen molar-refractivity contribution in [3.63, 3.8) is 0 Å². The molecule has 1 aromatic carbocycles. The van der Waals surface area contributed by atoms with Gasteiger partial charge in [0.05, 0.1) is 6.33 Å². The van der Waals surface area contributed by atoms with Crippen LogP contribution in [-0.4, -0.2) is 282 Å². The third kappa shape index (κ3) is 56.0. The van der Waals surface area contributed by atoms with Crippen LogP contribution in [0.2, 0.25) is 5.02 Å². The molecule has 0 fully saturated rings. The number of aryl methyl sites for hydroxylation is 1. The van der Waals surface area contributed by atoms with E-state index in [1.54, 1.807) is 11.9 Å². The van der Waals surface area contributed by atoms with E-state index in [2.05, 4.69) is 9.97 Å². The summed E-state index contributed by atoms with van der Waals surface area (Å²) in [6.45, 7) is 3.06. The van der Waals surface area contributed by atoms with Crippen LogP contribution in [0.1, 0.15) is 107 Å². The summed E-state index contributed by atoms with van der Waals surface area (Å²) in [5.74, 6) is 0. The summed E-state index contributed by atoms with van der Waals surface area (Å²) in [5, 5.41) is 42.2. The Morgan fingerprint density at radius 2 is 0.720 bits per heavy atom. The summed E-state index contributed by atoms with van der Waals surface area (Å²) in [6.07, 6.45) is 5.81. The van der Waals surface area contributed by atoms with E-state index in [4.69, 9.17) is 181 Å². The van der Waals surface area contributed by atoms with Gasteiger partial charge in [-0.2, -0.15) is 0 Å². The maximum absolute atomic E-state index is 11.1. The minimum absolute atomic E-state index is 0. The average molecular weight is 2350 g/mol. The SMILES string of the molecule is CC(O)(P(=O)([O-])O)P(=O)(O)O.CCCCCN(C)CCC(O)(P(=O)(O)O)P(=O)(O)O.NCCCC(O)(P(=O)(O)O)P(=O)(O)O.NCCCC(O)(P(=O)(O)O)P(=O)(O)O.NCCCCCC(O)(P(=O)(O)O)P(=O)(O)O.O=P(O)(O)C(O)(CCn1ccnc1)P(=O)(O)O.O=P(O)(O)C(O)(Cc1cccnc1)P(=O)(O)O.O=P([O-])(O)C(Sc1ccc(Cl)cc1)P(=O)(O)O.[H-].[H-].[H-].[Na+].[Na+].[Na+].[Na+].[Na+].[Na+].[Na+]. The van der Waals surface area contributed by atoms with Crippen molar-refractivity contribution >= 4 is 145 Å². The number of pyridine rings is 1. The van der Waals surface area contributed by atoms with Gasteiger partial charge >= 0.3 is 313 Å². The van der Waals surface area contributed by atoms with Crippen LogP contribution in [0, 0.1) is 0 Å². The predicted molar refractivity (Wildman–Crippen MR) is 434 cm³/mol. The molecule has 750 valence electrons. The summed E-state index contributed by atoms with van der Waals surface area (Å²) >= 11 is 5.96. The monoisotopic (exact) mass is 2350 g/mol. The molecule has 0 aliphatic rings.